The summed E-state index contributed by atoms with van der Waals surface area (Å²) in [5, 5.41) is 0. The number of hydrogen-bond donors (Lipinski definition) is 0. The van der Waals surface area contributed by atoms with Crippen LogP contribution >= 0.6 is 22.9 Å². The third-order valence-electron chi connectivity index (χ3n) is 2.48. The largest absolute Gasteiger partial charge is 0.328 e. The van der Waals surface area contributed by atoms with Crippen LogP contribution in [0.2, 0.25) is 0 Å². The first-order chi connectivity index (χ1) is 7.20. The molecule has 0 aliphatic carbocycles. The van der Waals surface area contributed by atoms with E-state index in [1.54, 1.807) is 0 Å². The Morgan fingerprint density at radius 1 is 1.47 bits per heavy atom. The van der Waals surface area contributed by atoms with Gasteiger partial charge in [0.25, 0.3) is 0 Å². The predicted octanol–water partition coefficient (Wildman–Crippen LogP) is 3.35. The van der Waals surface area contributed by atoms with E-state index in [2.05, 4.69) is 29.5 Å². The summed E-state index contributed by atoms with van der Waals surface area (Å²) < 4.78 is 2.09. The van der Waals surface area contributed by atoms with Crippen LogP contribution in [0, 0.1) is 13.8 Å². The van der Waals surface area contributed by atoms with Gasteiger partial charge in [0.1, 0.15) is 0 Å². The van der Waals surface area contributed by atoms with Crippen molar-refractivity contribution < 1.29 is 0 Å². The van der Waals surface area contributed by atoms with Gasteiger partial charge in [0.15, 0.2) is 0 Å². The number of imidazole rings is 1. The van der Waals surface area contributed by atoms with Crippen molar-refractivity contribution in [2.75, 3.05) is 0 Å². The molecule has 2 heterocycles. The van der Waals surface area contributed by atoms with E-state index in [0.29, 0.717) is 5.88 Å². The van der Waals surface area contributed by atoms with Crippen LogP contribution in [-0.4, -0.2) is 9.55 Å². The minimum absolute atomic E-state index is 0.517. The van der Waals surface area contributed by atoms with E-state index < -0.39 is 0 Å². The van der Waals surface area contributed by atoms with Crippen molar-refractivity contribution in [3.63, 3.8) is 0 Å². The fourth-order valence-electron chi connectivity index (χ4n) is 1.50. The number of alkyl halides is 1. The first kappa shape index (κ1) is 10.7. The van der Waals surface area contributed by atoms with E-state index in [9.17, 15) is 0 Å². The summed E-state index contributed by atoms with van der Waals surface area (Å²) in [5.74, 6) is 0.517. The normalized spacial score (nSPS) is 10.9. The van der Waals surface area contributed by atoms with Gasteiger partial charge in [-0.15, -0.1) is 22.9 Å². The van der Waals surface area contributed by atoms with E-state index in [1.165, 1.54) is 15.3 Å². The minimum atomic E-state index is 0.517. The molecule has 0 atom stereocenters. The van der Waals surface area contributed by atoms with Gasteiger partial charge in [-0.25, -0.2) is 4.98 Å². The van der Waals surface area contributed by atoms with E-state index >= 15 is 0 Å². The average molecular weight is 241 g/mol. The van der Waals surface area contributed by atoms with E-state index in [4.69, 9.17) is 11.6 Å². The van der Waals surface area contributed by atoms with Crippen LogP contribution in [0.3, 0.4) is 0 Å². The van der Waals surface area contributed by atoms with E-state index in [0.717, 1.165) is 12.2 Å². The van der Waals surface area contributed by atoms with Gasteiger partial charge in [0.05, 0.1) is 24.4 Å². The van der Waals surface area contributed by atoms with Crippen molar-refractivity contribution in [1.29, 1.82) is 0 Å². The Kier molecular flexibility index (Phi) is 3.12. The Hall–Kier alpha value is -0.800. The van der Waals surface area contributed by atoms with Gasteiger partial charge in [-0.3, -0.25) is 0 Å². The van der Waals surface area contributed by atoms with Crippen LogP contribution in [0.15, 0.2) is 18.6 Å². The lowest BCUT2D eigenvalue weighted by Crippen LogP contribution is -1.99. The third-order valence-corrected chi connectivity index (χ3v) is 3.89. The SMILES string of the molecule is Cc1cc(Cn2cncc2CCl)sc1C. The molecule has 0 radical (unpaired) electrons. The zero-order chi connectivity index (χ0) is 10.8. The Morgan fingerprint density at radius 2 is 2.27 bits per heavy atom. The second kappa shape index (κ2) is 4.37. The molecule has 0 aliphatic rings. The second-order valence-electron chi connectivity index (χ2n) is 3.60. The number of nitrogens with zero attached hydrogens (tertiary/aromatic N) is 2. The molecule has 2 nitrogen and oxygen atoms in total. The van der Waals surface area contributed by atoms with Gasteiger partial charge in [-0.05, 0) is 25.5 Å². The maximum atomic E-state index is 5.82. The number of aromatic nitrogens is 2. The Labute approximate surface area is 98.5 Å². The molecule has 0 aromatic carbocycles. The van der Waals surface area contributed by atoms with Crippen molar-refractivity contribution in [2.45, 2.75) is 26.3 Å². The van der Waals surface area contributed by atoms with Gasteiger partial charge in [0.2, 0.25) is 0 Å². The molecule has 4 heteroatoms. The van der Waals surface area contributed by atoms with Gasteiger partial charge < -0.3 is 4.57 Å². The first-order valence-corrected chi connectivity index (χ1v) is 6.16. The van der Waals surface area contributed by atoms with Crippen LogP contribution < -0.4 is 0 Å². The monoisotopic (exact) mass is 240 g/mol. The Balaban J connectivity index is 2.21. The Bertz CT molecular complexity index is 439. The lowest BCUT2D eigenvalue weighted by Gasteiger charge is -2.03. The van der Waals surface area contributed by atoms with Gasteiger partial charge >= 0.3 is 0 Å². The molecule has 0 spiro atoms. The van der Waals surface area contributed by atoms with Crippen molar-refractivity contribution in [1.82, 2.24) is 9.55 Å². The molecule has 0 amide bonds. The number of hydrogen-bond acceptors (Lipinski definition) is 2. The molecule has 15 heavy (non-hydrogen) atoms. The van der Waals surface area contributed by atoms with Crippen molar-refractivity contribution in [3.05, 3.63) is 39.6 Å². The summed E-state index contributed by atoms with van der Waals surface area (Å²) in [5.41, 5.74) is 2.43. The Morgan fingerprint density at radius 3 is 2.87 bits per heavy atom. The van der Waals surface area contributed by atoms with E-state index in [-0.39, 0.29) is 0 Å². The van der Waals surface area contributed by atoms with Crippen LogP contribution in [0.4, 0.5) is 0 Å². The molecule has 2 aromatic heterocycles. The summed E-state index contributed by atoms with van der Waals surface area (Å²) >= 11 is 7.66. The fourth-order valence-corrected chi connectivity index (χ4v) is 2.77. The number of halogens is 1. The van der Waals surface area contributed by atoms with Crippen LogP contribution in [0.25, 0.3) is 0 Å². The summed E-state index contributed by atoms with van der Waals surface area (Å²) in [4.78, 5) is 6.84. The molecule has 0 saturated carbocycles. The molecule has 0 N–H and O–H groups in total. The topological polar surface area (TPSA) is 17.8 Å². The summed E-state index contributed by atoms with van der Waals surface area (Å²) in [7, 11) is 0. The molecule has 2 rings (SSSR count). The van der Waals surface area contributed by atoms with Crippen molar-refractivity contribution in [2.24, 2.45) is 0 Å². The number of thiophene rings is 1. The molecule has 2 aromatic rings. The van der Waals surface area contributed by atoms with Crippen LogP contribution in [0.5, 0.6) is 0 Å². The molecule has 0 bridgehead atoms. The lowest BCUT2D eigenvalue weighted by molar-refractivity contribution is 0.775. The zero-order valence-electron chi connectivity index (χ0n) is 8.83. The maximum absolute atomic E-state index is 5.82. The van der Waals surface area contributed by atoms with Crippen molar-refractivity contribution in [3.8, 4) is 0 Å². The number of rotatable bonds is 3. The fraction of sp³-hybridized carbons (Fsp3) is 0.364. The molecule has 0 saturated heterocycles. The summed E-state index contributed by atoms with van der Waals surface area (Å²) in [6, 6.07) is 2.23. The molecule has 0 unspecified atom stereocenters. The molecule has 80 valence electrons. The predicted molar refractivity (Wildman–Crippen MR) is 64.7 cm³/mol. The molecule has 0 fully saturated rings. The van der Waals surface area contributed by atoms with Gasteiger partial charge in [0, 0.05) is 16.0 Å². The highest BCUT2D eigenvalue weighted by molar-refractivity contribution is 7.12. The van der Waals surface area contributed by atoms with Gasteiger partial charge in [-0.2, -0.15) is 0 Å². The smallest absolute Gasteiger partial charge is 0.0951 e. The highest BCUT2D eigenvalue weighted by Gasteiger charge is 2.05. The number of aryl methyl sites for hydroxylation is 2. The summed E-state index contributed by atoms with van der Waals surface area (Å²) in [6.07, 6.45) is 3.66. The first-order valence-electron chi connectivity index (χ1n) is 4.81. The standard InChI is InChI=1S/C11H13ClN2S/c1-8-3-11(15-9(8)2)6-14-7-13-5-10(14)4-12/h3,5,7H,4,6H2,1-2H3. The van der Waals surface area contributed by atoms with Crippen molar-refractivity contribution >= 4 is 22.9 Å². The second-order valence-corrected chi connectivity index (χ2v) is 5.21. The summed E-state index contributed by atoms with van der Waals surface area (Å²) in [6.45, 7) is 5.17. The molecular weight excluding hydrogens is 228 g/mol. The average Bonchev–Trinajstić information content (AvgIpc) is 2.75. The quantitative estimate of drug-likeness (QED) is 0.753. The minimum Gasteiger partial charge on any atom is -0.328 e. The van der Waals surface area contributed by atoms with Gasteiger partial charge in [-0.1, -0.05) is 0 Å². The molecule has 0 aliphatic heterocycles. The van der Waals surface area contributed by atoms with E-state index in [1.807, 2.05) is 23.9 Å². The van der Waals surface area contributed by atoms with Crippen LogP contribution in [0.1, 0.15) is 21.0 Å². The lowest BCUT2D eigenvalue weighted by atomic mass is 10.3. The highest BCUT2D eigenvalue weighted by atomic mass is 35.5. The third kappa shape index (κ3) is 2.24. The maximum Gasteiger partial charge on any atom is 0.0951 e. The highest BCUT2D eigenvalue weighted by Crippen LogP contribution is 2.22. The zero-order valence-corrected chi connectivity index (χ0v) is 10.4. The molecular formula is C11H13ClN2S. The van der Waals surface area contributed by atoms with Crippen LogP contribution in [-0.2, 0) is 12.4 Å².